The molecule has 0 bridgehead atoms. The molecule has 8 heteroatoms. The minimum Gasteiger partial charge on any atom is -0.486 e. The Balaban J connectivity index is 1.30. The first kappa shape index (κ1) is 24.9. The molecule has 0 N–H and O–H groups in total. The van der Waals surface area contributed by atoms with Gasteiger partial charge >= 0.3 is 0 Å². The lowest BCUT2D eigenvalue weighted by Crippen LogP contribution is -2.49. The summed E-state index contributed by atoms with van der Waals surface area (Å²) in [5.41, 5.74) is 2.48. The number of ether oxygens (including phenoxy) is 1. The van der Waals surface area contributed by atoms with E-state index in [-0.39, 0.29) is 5.91 Å². The molecule has 1 fully saturated rings. The van der Waals surface area contributed by atoms with Crippen molar-refractivity contribution >= 4 is 23.4 Å². The van der Waals surface area contributed by atoms with E-state index in [1.54, 1.807) is 6.08 Å². The molecule has 1 saturated heterocycles. The second kappa shape index (κ2) is 11.9. The molecule has 0 atom stereocenters. The van der Waals surface area contributed by atoms with Gasteiger partial charge in [-0.2, -0.15) is 0 Å². The quantitative estimate of drug-likeness (QED) is 0.305. The van der Waals surface area contributed by atoms with E-state index in [1.165, 1.54) is 23.0 Å². The van der Waals surface area contributed by atoms with Crippen molar-refractivity contribution < 1.29 is 9.53 Å². The van der Waals surface area contributed by atoms with Crippen LogP contribution < -0.4 is 9.64 Å². The first-order valence-corrected chi connectivity index (χ1v) is 13.0. The number of thioether (sulfide) groups is 1. The summed E-state index contributed by atoms with van der Waals surface area (Å²) >= 11 is 1.41. The maximum Gasteiger partial charge on any atom is 0.233 e. The number of hydrogen-bond acceptors (Lipinski definition) is 6. The molecule has 0 aliphatic carbocycles. The molecule has 3 aromatic rings. The average Bonchev–Trinajstić information content (AvgIpc) is 3.28. The molecule has 4 rings (SSSR count). The second-order valence-electron chi connectivity index (χ2n) is 8.80. The highest BCUT2D eigenvalue weighted by Crippen LogP contribution is 2.22. The smallest absolute Gasteiger partial charge is 0.233 e. The van der Waals surface area contributed by atoms with Gasteiger partial charge < -0.3 is 14.5 Å². The summed E-state index contributed by atoms with van der Waals surface area (Å²) in [5.74, 6) is 2.44. The molecule has 184 valence electrons. The molecule has 1 amide bonds. The summed E-state index contributed by atoms with van der Waals surface area (Å²) in [4.78, 5) is 17.1. The van der Waals surface area contributed by atoms with E-state index in [9.17, 15) is 4.79 Å². The molecule has 2 aromatic carbocycles. The molecule has 7 nitrogen and oxygen atoms in total. The highest BCUT2D eigenvalue weighted by Gasteiger charge is 2.22. The van der Waals surface area contributed by atoms with Crippen molar-refractivity contribution in [3.63, 3.8) is 0 Å². The van der Waals surface area contributed by atoms with Crippen LogP contribution in [0, 0.1) is 0 Å². The number of rotatable bonds is 10. The third-order valence-electron chi connectivity index (χ3n) is 6.10. The summed E-state index contributed by atoms with van der Waals surface area (Å²) in [5, 5.41) is 9.34. The van der Waals surface area contributed by atoms with Crippen LogP contribution in [0.3, 0.4) is 0 Å². The predicted molar refractivity (Wildman–Crippen MR) is 141 cm³/mol. The van der Waals surface area contributed by atoms with Crippen LogP contribution in [0.5, 0.6) is 5.75 Å². The number of allylic oxidation sites excluding steroid dienone is 1. The van der Waals surface area contributed by atoms with E-state index in [4.69, 9.17) is 4.74 Å². The van der Waals surface area contributed by atoms with Crippen molar-refractivity contribution in [3.8, 4) is 5.75 Å². The van der Waals surface area contributed by atoms with Crippen molar-refractivity contribution in [2.75, 3.05) is 36.8 Å². The van der Waals surface area contributed by atoms with Gasteiger partial charge in [0.05, 0.1) is 5.75 Å². The molecule has 1 aliphatic heterocycles. The van der Waals surface area contributed by atoms with Crippen LogP contribution in [0.4, 0.5) is 5.69 Å². The number of anilines is 1. The Morgan fingerprint density at radius 3 is 2.43 bits per heavy atom. The average molecular weight is 492 g/mol. The minimum atomic E-state index is 0.124. The van der Waals surface area contributed by atoms with E-state index in [0.717, 1.165) is 31.9 Å². The van der Waals surface area contributed by atoms with E-state index in [1.807, 2.05) is 39.8 Å². The fourth-order valence-corrected chi connectivity index (χ4v) is 4.88. The van der Waals surface area contributed by atoms with Gasteiger partial charge in [-0.3, -0.25) is 9.36 Å². The van der Waals surface area contributed by atoms with Crippen molar-refractivity contribution in [1.29, 1.82) is 0 Å². The van der Waals surface area contributed by atoms with Crippen molar-refractivity contribution in [2.24, 2.45) is 0 Å². The van der Waals surface area contributed by atoms with E-state index in [2.05, 4.69) is 59.8 Å². The molecule has 35 heavy (non-hydrogen) atoms. The lowest BCUT2D eigenvalue weighted by molar-refractivity contribution is -0.128. The summed E-state index contributed by atoms with van der Waals surface area (Å²) in [6.45, 7) is 12.2. The van der Waals surface area contributed by atoms with Crippen LogP contribution in [0.25, 0.3) is 0 Å². The SMILES string of the molecule is C=CCn1c(COc2ccc(C(C)C)cc2)nnc1SCC(=O)N1CCN(c2ccccc2)CC1. The monoisotopic (exact) mass is 491 g/mol. The van der Waals surface area contributed by atoms with Crippen LogP contribution >= 0.6 is 11.8 Å². The third kappa shape index (κ3) is 6.45. The Hall–Kier alpha value is -3.26. The lowest BCUT2D eigenvalue weighted by atomic mass is 10.0. The van der Waals surface area contributed by atoms with E-state index in [0.29, 0.717) is 35.8 Å². The lowest BCUT2D eigenvalue weighted by Gasteiger charge is -2.36. The Bertz CT molecular complexity index is 1110. The molecule has 2 heterocycles. The van der Waals surface area contributed by atoms with Gasteiger partial charge in [-0.15, -0.1) is 16.8 Å². The maximum atomic E-state index is 12.9. The number of carbonyl (C=O) groups excluding carboxylic acids is 1. The minimum absolute atomic E-state index is 0.124. The molecule has 1 aliphatic rings. The first-order chi connectivity index (χ1) is 17.0. The van der Waals surface area contributed by atoms with Gasteiger partial charge in [0.2, 0.25) is 5.91 Å². The Morgan fingerprint density at radius 2 is 1.77 bits per heavy atom. The molecular weight excluding hydrogens is 458 g/mol. The number of piperazine rings is 1. The van der Waals surface area contributed by atoms with Gasteiger partial charge in [-0.05, 0) is 35.7 Å². The highest BCUT2D eigenvalue weighted by molar-refractivity contribution is 7.99. The Kier molecular flexibility index (Phi) is 8.47. The van der Waals surface area contributed by atoms with Gasteiger partial charge in [0.1, 0.15) is 12.4 Å². The van der Waals surface area contributed by atoms with Crippen LogP contribution in [0.2, 0.25) is 0 Å². The van der Waals surface area contributed by atoms with Gasteiger partial charge in [0.25, 0.3) is 0 Å². The fraction of sp³-hybridized carbons (Fsp3) is 0.370. The number of nitrogens with zero attached hydrogens (tertiary/aromatic N) is 5. The molecular formula is C27H33N5O2S. The number of carbonyl (C=O) groups is 1. The Labute approximate surface area is 211 Å². The summed E-state index contributed by atoms with van der Waals surface area (Å²) in [7, 11) is 0. The predicted octanol–water partition coefficient (Wildman–Crippen LogP) is 4.61. The largest absolute Gasteiger partial charge is 0.486 e. The molecule has 0 spiro atoms. The third-order valence-corrected chi connectivity index (χ3v) is 7.05. The zero-order valence-electron chi connectivity index (χ0n) is 20.5. The number of hydrogen-bond donors (Lipinski definition) is 0. The summed E-state index contributed by atoms with van der Waals surface area (Å²) in [6.07, 6.45) is 1.80. The zero-order chi connectivity index (χ0) is 24.6. The van der Waals surface area contributed by atoms with Crippen molar-refractivity contribution in [1.82, 2.24) is 19.7 Å². The van der Waals surface area contributed by atoms with Crippen LogP contribution in [-0.4, -0.2) is 57.5 Å². The maximum absolute atomic E-state index is 12.9. The van der Waals surface area contributed by atoms with Gasteiger partial charge in [-0.1, -0.05) is 62.0 Å². The summed E-state index contributed by atoms with van der Waals surface area (Å²) < 4.78 is 7.91. The number of para-hydroxylation sites is 1. The van der Waals surface area contributed by atoms with Crippen LogP contribution in [0.15, 0.2) is 72.4 Å². The highest BCUT2D eigenvalue weighted by atomic mass is 32.2. The first-order valence-electron chi connectivity index (χ1n) is 12.0. The molecule has 1 aromatic heterocycles. The number of amides is 1. The van der Waals surface area contributed by atoms with E-state index < -0.39 is 0 Å². The number of aromatic nitrogens is 3. The molecule has 0 saturated carbocycles. The van der Waals surface area contributed by atoms with Gasteiger partial charge in [0, 0.05) is 38.4 Å². The zero-order valence-corrected chi connectivity index (χ0v) is 21.3. The van der Waals surface area contributed by atoms with Crippen molar-refractivity contribution in [3.05, 3.63) is 78.6 Å². The number of benzene rings is 2. The molecule has 0 radical (unpaired) electrons. The van der Waals surface area contributed by atoms with Gasteiger partial charge in [0.15, 0.2) is 11.0 Å². The van der Waals surface area contributed by atoms with Crippen LogP contribution in [-0.2, 0) is 17.9 Å². The summed E-state index contributed by atoms with van der Waals surface area (Å²) in [6, 6.07) is 18.5. The van der Waals surface area contributed by atoms with E-state index >= 15 is 0 Å². The van der Waals surface area contributed by atoms with Crippen molar-refractivity contribution in [2.45, 2.75) is 38.1 Å². The van der Waals surface area contributed by atoms with Gasteiger partial charge in [-0.25, -0.2) is 0 Å². The second-order valence-corrected chi connectivity index (χ2v) is 9.75. The fourth-order valence-electron chi connectivity index (χ4n) is 4.01. The van der Waals surface area contributed by atoms with Crippen LogP contribution in [0.1, 0.15) is 31.2 Å². The Morgan fingerprint density at radius 1 is 1.06 bits per heavy atom. The topological polar surface area (TPSA) is 63.5 Å². The standard InChI is InChI=1S/C27H33N5O2S/c1-4-14-32-25(19-34-24-12-10-22(11-13-24)21(2)3)28-29-27(32)35-20-26(33)31-17-15-30(16-18-31)23-8-6-5-7-9-23/h4-13,21H,1,14-20H2,2-3H3. The normalized spacial score (nSPS) is 13.8. The molecule has 0 unspecified atom stereocenters.